The molecule has 0 atom stereocenters. The molecule has 0 aliphatic carbocycles. The Morgan fingerprint density at radius 2 is 1.68 bits per heavy atom. The van der Waals surface area contributed by atoms with Gasteiger partial charge in [0.05, 0.1) is 18.7 Å². The molecule has 1 amide bonds. The van der Waals surface area contributed by atoms with E-state index in [4.69, 9.17) is 14.2 Å². The van der Waals surface area contributed by atoms with Crippen LogP contribution in [0.4, 0.5) is 0 Å². The number of rotatable bonds is 13. The number of pyridine rings is 1. The topological polar surface area (TPSA) is 86.8 Å². The molecule has 3 aromatic rings. The summed E-state index contributed by atoms with van der Waals surface area (Å²) in [6, 6.07) is 17.0. The average Bonchev–Trinajstić information content (AvgIpc) is 2.86. The Morgan fingerprint density at radius 3 is 2.44 bits per heavy atom. The second-order valence-corrected chi connectivity index (χ2v) is 7.92. The van der Waals surface area contributed by atoms with Gasteiger partial charge in [0.2, 0.25) is 0 Å². The minimum absolute atomic E-state index is 0.115. The zero-order valence-corrected chi connectivity index (χ0v) is 19.8. The van der Waals surface area contributed by atoms with Crippen LogP contribution in [0.5, 0.6) is 11.5 Å². The van der Waals surface area contributed by atoms with Gasteiger partial charge in [0.1, 0.15) is 18.9 Å². The largest absolute Gasteiger partial charge is 0.494 e. The first kappa shape index (κ1) is 25.0. The maximum atomic E-state index is 12.9. The number of fused-ring (bicyclic) bond motifs is 1. The second-order valence-electron chi connectivity index (χ2n) is 7.92. The van der Waals surface area contributed by atoms with E-state index in [1.54, 1.807) is 6.07 Å². The molecule has 2 aromatic carbocycles. The molecule has 1 aromatic heterocycles. The standard InChI is InChI=1S/C27H32N2O5/c1-3-5-14-32-22-12-13-23-21(16-22)17-24(34-19-20-10-8-7-9-11-20)26(29-23)27(31)28-18-25(30)33-15-6-4-2/h7-13,16-17H,3-6,14-15,18-19H2,1-2H3,(H,28,31). The van der Waals surface area contributed by atoms with Crippen LogP contribution in [0.1, 0.15) is 55.6 Å². The van der Waals surface area contributed by atoms with Crippen molar-refractivity contribution in [3.05, 3.63) is 65.9 Å². The summed E-state index contributed by atoms with van der Waals surface area (Å²) >= 11 is 0. The van der Waals surface area contributed by atoms with E-state index in [0.29, 0.717) is 24.5 Å². The summed E-state index contributed by atoms with van der Waals surface area (Å²) in [7, 11) is 0. The van der Waals surface area contributed by atoms with Crippen molar-refractivity contribution < 1.29 is 23.8 Å². The van der Waals surface area contributed by atoms with Crippen molar-refractivity contribution in [2.24, 2.45) is 0 Å². The Kier molecular flexibility index (Phi) is 9.70. The Morgan fingerprint density at radius 1 is 0.912 bits per heavy atom. The van der Waals surface area contributed by atoms with Gasteiger partial charge in [-0.3, -0.25) is 9.59 Å². The lowest BCUT2D eigenvalue weighted by Gasteiger charge is -2.13. The number of esters is 1. The molecule has 7 nitrogen and oxygen atoms in total. The first-order valence-corrected chi connectivity index (χ1v) is 11.8. The number of nitrogens with one attached hydrogen (secondary N) is 1. The van der Waals surface area contributed by atoms with Gasteiger partial charge in [-0.25, -0.2) is 4.98 Å². The van der Waals surface area contributed by atoms with Crippen LogP contribution in [0, 0.1) is 0 Å². The number of hydrogen-bond acceptors (Lipinski definition) is 6. The van der Waals surface area contributed by atoms with Gasteiger partial charge in [-0.2, -0.15) is 0 Å². The SMILES string of the molecule is CCCCOC(=O)CNC(=O)c1nc2ccc(OCCCC)cc2cc1OCc1ccccc1. The molecule has 0 bridgehead atoms. The Labute approximate surface area is 200 Å². The predicted molar refractivity (Wildman–Crippen MR) is 131 cm³/mol. The lowest BCUT2D eigenvalue weighted by Crippen LogP contribution is -2.31. The van der Waals surface area contributed by atoms with Gasteiger partial charge in [-0.15, -0.1) is 0 Å². The summed E-state index contributed by atoms with van der Waals surface area (Å²) in [5, 5.41) is 3.39. The lowest BCUT2D eigenvalue weighted by molar-refractivity contribution is -0.142. The van der Waals surface area contributed by atoms with Gasteiger partial charge in [0.15, 0.2) is 11.4 Å². The predicted octanol–water partition coefficient (Wildman–Crippen LogP) is 5.07. The van der Waals surface area contributed by atoms with Crippen LogP contribution in [-0.4, -0.2) is 36.6 Å². The van der Waals surface area contributed by atoms with Crippen molar-refractivity contribution in [2.75, 3.05) is 19.8 Å². The van der Waals surface area contributed by atoms with Crippen LogP contribution in [0.2, 0.25) is 0 Å². The van der Waals surface area contributed by atoms with Gasteiger partial charge in [-0.1, -0.05) is 57.0 Å². The van der Waals surface area contributed by atoms with Gasteiger partial charge >= 0.3 is 5.97 Å². The molecule has 0 aliphatic heterocycles. The molecule has 1 heterocycles. The van der Waals surface area contributed by atoms with Gasteiger partial charge < -0.3 is 19.5 Å². The third-order valence-corrected chi connectivity index (χ3v) is 5.12. The number of nitrogens with zero attached hydrogens (tertiary/aromatic N) is 1. The summed E-state index contributed by atoms with van der Waals surface area (Å²) in [4.78, 5) is 29.3. The van der Waals surface area contributed by atoms with Gasteiger partial charge in [0, 0.05) is 5.39 Å². The summed E-state index contributed by atoms with van der Waals surface area (Å²) in [5.41, 5.74) is 1.71. The highest BCUT2D eigenvalue weighted by molar-refractivity contribution is 5.99. The smallest absolute Gasteiger partial charge is 0.325 e. The van der Waals surface area contributed by atoms with Crippen LogP contribution in [0.15, 0.2) is 54.6 Å². The number of unbranched alkanes of at least 4 members (excludes halogenated alkanes) is 2. The molecule has 7 heteroatoms. The summed E-state index contributed by atoms with van der Waals surface area (Å²) in [6.45, 7) is 5.15. The van der Waals surface area contributed by atoms with Crippen molar-refractivity contribution in [3.8, 4) is 11.5 Å². The van der Waals surface area contributed by atoms with Crippen molar-refractivity contribution >= 4 is 22.8 Å². The Bertz CT molecular complexity index is 1090. The van der Waals surface area contributed by atoms with E-state index in [1.807, 2.05) is 55.5 Å². The molecule has 0 radical (unpaired) electrons. The first-order valence-electron chi connectivity index (χ1n) is 11.8. The van der Waals surface area contributed by atoms with Crippen molar-refractivity contribution in [1.29, 1.82) is 0 Å². The summed E-state index contributed by atoms with van der Waals surface area (Å²) < 4.78 is 16.9. The third-order valence-electron chi connectivity index (χ3n) is 5.12. The maximum Gasteiger partial charge on any atom is 0.325 e. The molecule has 0 fully saturated rings. The van der Waals surface area contributed by atoms with E-state index in [-0.39, 0.29) is 18.8 Å². The number of carbonyl (C=O) groups excluding carboxylic acids is 2. The maximum absolute atomic E-state index is 12.9. The summed E-state index contributed by atoms with van der Waals surface area (Å²) in [5.74, 6) is 0.0894. The number of carbonyl (C=O) groups is 2. The van der Waals surface area contributed by atoms with Crippen molar-refractivity contribution in [2.45, 2.75) is 46.1 Å². The molecule has 0 unspecified atom stereocenters. The second kappa shape index (κ2) is 13.2. The molecular formula is C27H32N2O5. The monoisotopic (exact) mass is 464 g/mol. The number of benzene rings is 2. The Balaban J connectivity index is 1.80. The van der Waals surface area contributed by atoms with E-state index in [2.05, 4.69) is 17.2 Å². The van der Waals surface area contributed by atoms with E-state index in [1.165, 1.54) is 0 Å². The molecule has 1 N–H and O–H groups in total. The van der Waals surface area contributed by atoms with Crippen LogP contribution in [0.25, 0.3) is 10.9 Å². The minimum Gasteiger partial charge on any atom is -0.494 e. The zero-order chi connectivity index (χ0) is 24.2. The van der Waals surface area contributed by atoms with Crippen LogP contribution < -0.4 is 14.8 Å². The number of aromatic nitrogens is 1. The van der Waals surface area contributed by atoms with Crippen molar-refractivity contribution in [3.63, 3.8) is 0 Å². The highest BCUT2D eigenvalue weighted by Crippen LogP contribution is 2.27. The number of hydrogen-bond donors (Lipinski definition) is 1. The van der Waals surface area contributed by atoms with Crippen LogP contribution in [0.3, 0.4) is 0 Å². The molecule has 0 spiro atoms. The van der Waals surface area contributed by atoms with Crippen LogP contribution in [-0.2, 0) is 16.1 Å². The first-order chi connectivity index (χ1) is 16.6. The van der Waals surface area contributed by atoms with Gasteiger partial charge in [0.25, 0.3) is 5.91 Å². The van der Waals surface area contributed by atoms with E-state index < -0.39 is 11.9 Å². The highest BCUT2D eigenvalue weighted by Gasteiger charge is 2.18. The van der Waals surface area contributed by atoms with Crippen molar-refractivity contribution in [1.82, 2.24) is 10.3 Å². The fourth-order valence-corrected chi connectivity index (χ4v) is 3.18. The molecule has 0 saturated carbocycles. The molecule has 3 rings (SSSR count). The molecule has 0 aliphatic rings. The average molecular weight is 465 g/mol. The lowest BCUT2D eigenvalue weighted by atomic mass is 10.1. The quantitative estimate of drug-likeness (QED) is 0.281. The highest BCUT2D eigenvalue weighted by atomic mass is 16.5. The summed E-state index contributed by atoms with van der Waals surface area (Å²) in [6.07, 6.45) is 3.74. The number of amides is 1. The van der Waals surface area contributed by atoms with E-state index in [9.17, 15) is 9.59 Å². The third kappa shape index (κ3) is 7.47. The van der Waals surface area contributed by atoms with Gasteiger partial charge in [-0.05, 0) is 42.7 Å². The van der Waals surface area contributed by atoms with E-state index >= 15 is 0 Å². The normalized spacial score (nSPS) is 10.6. The fourth-order valence-electron chi connectivity index (χ4n) is 3.18. The fraction of sp³-hybridized carbons (Fsp3) is 0.370. The molecule has 0 saturated heterocycles. The van der Waals surface area contributed by atoms with E-state index in [0.717, 1.165) is 42.4 Å². The Hall–Kier alpha value is -3.61. The molecule has 180 valence electrons. The molecule has 34 heavy (non-hydrogen) atoms. The zero-order valence-electron chi connectivity index (χ0n) is 19.8. The minimum atomic E-state index is -0.499. The number of ether oxygens (including phenoxy) is 3. The molecular weight excluding hydrogens is 432 g/mol. The van der Waals surface area contributed by atoms with Crippen LogP contribution >= 0.6 is 0 Å².